The minimum absolute atomic E-state index is 0.228. The zero-order valence-corrected chi connectivity index (χ0v) is 14.4. The molecule has 4 heteroatoms. The van der Waals surface area contributed by atoms with Crippen molar-refractivity contribution in [3.05, 3.63) is 75.7 Å². The highest BCUT2D eigenvalue weighted by atomic mass is 79.9. The Hall–Kier alpha value is -2.20. The lowest BCUT2D eigenvalue weighted by molar-refractivity contribution is 0.575. The van der Waals surface area contributed by atoms with Gasteiger partial charge in [-0.25, -0.2) is 4.39 Å². The highest BCUT2D eigenvalue weighted by Crippen LogP contribution is 2.30. The first kappa shape index (κ1) is 15.7. The number of hydrogen-bond acceptors (Lipinski definition) is 2. The summed E-state index contributed by atoms with van der Waals surface area (Å²) in [6.07, 6.45) is 1.64. The predicted molar refractivity (Wildman–Crippen MR) is 95.0 cm³/mol. The van der Waals surface area contributed by atoms with Crippen molar-refractivity contribution >= 4 is 27.8 Å². The molecule has 23 heavy (non-hydrogen) atoms. The maximum atomic E-state index is 13.2. The van der Waals surface area contributed by atoms with Gasteiger partial charge < -0.3 is 4.42 Å². The first-order valence-electron chi connectivity index (χ1n) is 7.19. The highest BCUT2D eigenvalue weighted by molar-refractivity contribution is 9.10. The molecule has 0 fully saturated rings. The molecule has 2 nitrogen and oxygen atoms in total. The third-order valence-electron chi connectivity index (χ3n) is 3.50. The van der Waals surface area contributed by atoms with Crippen LogP contribution in [0.2, 0.25) is 0 Å². The van der Waals surface area contributed by atoms with Crippen molar-refractivity contribution < 1.29 is 8.81 Å². The number of benzene rings is 2. The summed E-state index contributed by atoms with van der Waals surface area (Å²) in [5.41, 5.74) is 3.44. The lowest BCUT2D eigenvalue weighted by Gasteiger charge is -2.02. The Bertz CT molecular complexity index is 883. The van der Waals surface area contributed by atoms with Gasteiger partial charge in [0.2, 0.25) is 0 Å². The van der Waals surface area contributed by atoms with E-state index in [4.69, 9.17) is 4.42 Å². The summed E-state index contributed by atoms with van der Waals surface area (Å²) in [5, 5.41) is 0. The molecule has 0 aliphatic rings. The second-order valence-electron chi connectivity index (χ2n) is 5.38. The molecular formula is C19H15BrFNO. The Kier molecular flexibility index (Phi) is 4.44. The minimum Gasteiger partial charge on any atom is -0.455 e. The Balaban J connectivity index is 1.84. The Morgan fingerprint density at radius 3 is 2.61 bits per heavy atom. The van der Waals surface area contributed by atoms with Crippen molar-refractivity contribution in [2.24, 2.45) is 4.99 Å². The van der Waals surface area contributed by atoms with Crippen LogP contribution in [0, 0.1) is 19.7 Å². The summed E-state index contributed by atoms with van der Waals surface area (Å²) < 4.78 is 20.0. The number of halogens is 2. The molecule has 0 saturated carbocycles. The van der Waals surface area contributed by atoms with E-state index in [1.807, 2.05) is 37.3 Å². The zero-order valence-electron chi connectivity index (χ0n) is 12.8. The largest absolute Gasteiger partial charge is 0.455 e. The van der Waals surface area contributed by atoms with Crippen molar-refractivity contribution in [1.82, 2.24) is 0 Å². The molecule has 3 rings (SSSR count). The number of furan rings is 1. The van der Waals surface area contributed by atoms with Gasteiger partial charge in [0.1, 0.15) is 17.3 Å². The fourth-order valence-electron chi connectivity index (χ4n) is 2.23. The Morgan fingerprint density at radius 1 is 1.04 bits per heavy atom. The summed E-state index contributed by atoms with van der Waals surface area (Å²) in [6, 6.07) is 14.6. The monoisotopic (exact) mass is 371 g/mol. The zero-order chi connectivity index (χ0) is 16.4. The van der Waals surface area contributed by atoms with Gasteiger partial charge in [0.05, 0.1) is 11.9 Å². The molecule has 0 aliphatic heterocycles. The van der Waals surface area contributed by atoms with Crippen LogP contribution in [0.3, 0.4) is 0 Å². The van der Waals surface area contributed by atoms with Crippen molar-refractivity contribution in [3.63, 3.8) is 0 Å². The fraction of sp³-hybridized carbons (Fsp3) is 0.105. The van der Waals surface area contributed by atoms with E-state index in [0.717, 1.165) is 15.8 Å². The van der Waals surface area contributed by atoms with E-state index in [1.54, 1.807) is 25.3 Å². The first-order valence-corrected chi connectivity index (χ1v) is 7.99. The second kappa shape index (κ2) is 6.50. The van der Waals surface area contributed by atoms with E-state index in [9.17, 15) is 4.39 Å². The van der Waals surface area contributed by atoms with Crippen molar-refractivity contribution in [2.75, 3.05) is 0 Å². The third-order valence-corrected chi connectivity index (χ3v) is 4.16. The number of hydrogen-bond donors (Lipinski definition) is 0. The van der Waals surface area contributed by atoms with Gasteiger partial charge in [-0.2, -0.15) is 0 Å². The fourth-order valence-corrected chi connectivity index (χ4v) is 2.92. The number of aliphatic imine (C=N–C) groups is 1. The van der Waals surface area contributed by atoms with E-state index < -0.39 is 0 Å². The van der Waals surface area contributed by atoms with E-state index in [1.165, 1.54) is 11.6 Å². The van der Waals surface area contributed by atoms with Gasteiger partial charge in [0.15, 0.2) is 0 Å². The van der Waals surface area contributed by atoms with E-state index in [-0.39, 0.29) is 5.82 Å². The molecule has 3 aromatic rings. The summed E-state index contributed by atoms with van der Waals surface area (Å²) in [4.78, 5) is 4.32. The normalized spacial score (nSPS) is 11.3. The van der Waals surface area contributed by atoms with Gasteiger partial charge in [-0.3, -0.25) is 4.99 Å². The number of nitrogens with zero attached hydrogens (tertiary/aromatic N) is 1. The van der Waals surface area contributed by atoms with Crippen LogP contribution in [-0.2, 0) is 0 Å². The molecule has 0 N–H and O–H groups in total. The van der Waals surface area contributed by atoms with Crippen molar-refractivity contribution in [1.29, 1.82) is 0 Å². The average molecular weight is 372 g/mol. The van der Waals surface area contributed by atoms with Gasteiger partial charge in [-0.05, 0) is 67.4 Å². The molecule has 0 bridgehead atoms. The molecule has 116 valence electrons. The quantitative estimate of drug-likeness (QED) is 0.502. The highest BCUT2D eigenvalue weighted by Gasteiger charge is 2.07. The topological polar surface area (TPSA) is 25.5 Å². The van der Waals surface area contributed by atoms with Gasteiger partial charge in [0.25, 0.3) is 0 Å². The van der Waals surface area contributed by atoms with Gasteiger partial charge in [0, 0.05) is 10.0 Å². The summed E-state index contributed by atoms with van der Waals surface area (Å²) in [7, 11) is 0. The number of aryl methyl sites for hydroxylation is 2. The summed E-state index contributed by atoms with van der Waals surface area (Å²) >= 11 is 3.55. The third kappa shape index (κ3) is 3.59. The van der Waals surface area contributed by atoms with Crippen LogP contribution in [0.15, 0.2) is 62.4 Å². The molecule has 0 radical (unpaired) electrons. The van der Waals surface area contributed by atoms with E-state index >= 15 is 0 Å². The molecule has 1 aromatic heterocycles. The molecule has 0 amide bonds. The first-order chi connectivity index (χ1) is 11.0. The minimum atomic E-state index is -0.228. The summed E-state index contributed by atoms with van der Waals surface area (Å²) in [5.74, 6) is 1.19. The van der Waals surface area contributed by atoms with Crippen LogP contribution in [0.4, 0.5) is 10.1 Å². The maximum Gasteiger partial charge on any atom is 0.145 e. The smallest absolute Gasteiger partial charge is 0.145 e. The maximum absolute atomic E-state index is 13.2. The lowest BCUT2D eigenvalue weighted by Crippen LogP contribution is -1.81. The second-order valence-corrected chi connectivity index (χ2v) is 6.23. The average Bonchev–Trinajstić information content (AvgIpc) is 2.97. The predicted octanol–water partition coefficient (Wildman–Crippen LogP) is 6.22. The number of rotatable bonds is 3. The Morgan fingerprint density at radius 2 is 1.87 bits per heavy atom. The molecular weight excluding hydrogens is 357 g/mol. The van der Waals surface area contributed by atoms with Crippen LogP contribution in [0.5, 0.6) is 0 Å². The van der Waals surface area contributed by atoms with Crippen LogP contribution in [-0.4, -0.2) is 6.21 Å². The van der Waals surface area contributed by atoms with Crippen LogP contribution in [0.25, 0.3) is 11.3 Å². The molecule has 0 unspecified atom stereocenters. The van der Waals surface area contributed by atoms with Crippen molar-refractivity contribution in [2.45, 2.75) is 13.8 Å². The van der Waals surface area contributed by atoms with Crippen LogP contribution < -0.4 is 0 Å². The molecule has 0 saturated heterocycles. The molecule has 0 aliphatic carbocycles. The van der Waals surface area contributed by atoms with Crippen molar-refractivity contribution in [3.8, 4) is 11.3 Å². The van der Waals surface area contributed by atoms with Gasteiger partial charge in [-0.15, -0.1) is 0 Å². The van der Waals surface area contributed by atoms with Crippen LogP contribution in [0.1, 0.15) is 16.9 Å². The molecule has 0 spiro atoms. The van der Waals surface area contributed by atoms with Crippen LogP contribution >= 0.6 is 15.9 Å². The van der Waals surface area contributed by atoms with E-state index in [0.29, 0.717) is 17.0 Å². The van der Waals surface area contributed by atoms with Gasteiger partial charge in [-0.1, -0.05) is 22.0 Å². The lowest BCUT2D eigenvalue weighted by atomic mass is 10.1. The molecule has 0 atom stereocenters. The molecule has 2 aromatic carbocycles. The SMILES string of the molecule is Cc1ccc(-c2ccc(C=Nc3ccc(F)c(C)c3)o2)c(Br)c1. The molecule has 1 heterocycles. The summed E-state index contributed by atoms with van der Waals surface area (Å²) in [6.45, 7) is 3.76. The van der Waals surface area contributed by atoms with E-state index in [2.05, 4.69) is 20.9 Å². The Labute approximate surface area is 142 Å². The standard InChI is InChI=1S/C19H15BrFNO/c1-12-3-6-16(17(20)9-12)19-8-5-15(23-19)11-22-14-4-7-18(21)13(2)10-14/h3-11H,1-2H3. The van der Waals surface area contributed by atoms with Gasteiger partial charge >= 0.3 is 0 Å².